The van der Waals surface area contributed by atoms with E-state index in [1.807, 2.05) is 0 Å². The summed E-state index contributed by atoms with van der Waals surface area (Å²) in [6.45, 7) is 3.50. The Bertz CT molecular complexity index is 493. The molecule has 0 aromatic carbocycles. The number of aromatic nitrogens is 1. The molecule has 0 amide bonds. The van der Waals surface area contributed by atoms with Crippen LogP contribution in [-0.4, -0.2) is 42.9 Å². The molecule has 2 aliphatic rings. The lowest BCUT2D eigenvalue weighted by atomic mass is 10.0. The minimum absolute atomic E-state index is 0.221. The molecule has 1 spiro atoms. The van der Waals surface area contributed by atoms with Gasteiger partial charge in [-0.25, -0.2) is 0 Å². The van der Waals surface area contributed by atoms with Crippen LogP contribution in [0.4, 0.5) is 5.00 Å². The van der Waals surface area contributed by atoms with E-state index < -0.39 is 0 Å². The Hall–Kier alpha value is -0.870. The van der Waals surface area contributed by atoms with Crippen LogP contribution in [0.25, 0.3) is 0 Å². The van der Waals surface area contributed by atoms with E-state index in [-0.39, 0.29) is 5.60 Å². The molecule has 0 aliphatic carbocycles. The predicted octanol–water partition coefficient (Wildman–Crippen LogP) is 1.66. The third-order valence-electron chi connectivity index (χ3n) is 3.35. The van der Waals surface area contributed by atoms with Gasteiger partial charge in [0.05, 0.1) is 19.8 Å². The van der Waals surface area contributed by atoms with Crippen molar-refractivity contribution in [2.24, 2.45) is 0 Å². The summed E-state index contributed by atoms with van der Waals surface area (Å²) in [7, 11) is 0. The van der Waals surface area contributed by atoms with E-state index in [4.69, 9.17) is 26.3 Å². The fourth-order valence-electron chi connectivity index (χ4n) is 2.42. The summed E-state index contributed by atoms with van der Waals surface area (Å²) >= 11 is 7.18. The van der Waals surface area contributed by atoms with Gasteiger partial charge in [-0.2, -0.15) is 9.64 Å². The minimum atomic E-state index is -0.221. The van der Waals surface area contributed by atoms with Gasteiger partial charge in [-0.3, -0.25) is 0 Å². The first-order chi connectivity index (χ1) is 8.74. The molecule has 1 unspecified atom stereocenters. The molecule has 1 atom stereocenters. The number of rotatable bonds is 1. The fourth-order valence-corrected chi connectivity index (χ4v) is 3.47. The second-order valence-corrected chi connectivity index (χ2v) is 5.63. The molecule has 3 heterocycles. The Balaban J connectivity index is 1.86. The van der Waals surface area contributed by atoms with E-state index in [0.29, 0.717) is 23.9 Å². The highest BCUT2D eigenvalue weighted by Crippen LogP contribution is 2.35. The van der Waals surface area contributed by atoms with Gasteiger partial charge in [-0.15, -0.1) is 0 Å². The number of halogens is 1. The number of anilines is 1. The van der Waals surface area contributed by atoms with Crippen LogP contribution in [0.3, 0.4) is 0 Å². The molecule has 2 saturated heterocycles. The number of hydrogen-bond acceptors (Lipinski definition) is 6. The van der Waals surface area contributed by atoms with Crippen LogP contribution in [0.15, 0.2) is 0 Å². The van der Waals surface area contributed by atoms with Crippen LogP contribution in [0.5, 0.6) is 0 Å². The maximum absolute atomic E-state index is 9.13. The van der Waals surface area contributed by atoms with Crippen LogP contribution in [0.1, 0.15) is 12.0 Å². The number of hydrogen-bond donors (Lipinski definition) is 0. The number of nitriles is 1. The standard InChI is InChI=1S/C11H12ClN3O2S/c12-9-8(5-13)10(18-14-9)15-2-4-17-11(6-15)1-3-16-7-11/h1-4,6-7H2. The molecule has 0 saturated carbocycles. The Morgan fingerprint density at radius 2 is 2.39 bits per heavy atom. The van der Waals surface area contributed by atoms with E-state index in [0.717, 1.165) is 31.1 Å². The number of morpholine rings is 1. The van der Waals surface area contributed by atoms with Gasteiger partial charge >= 0.3 is 0 Å². The second-order valence-electron chi connectivity index (χ2n) is 4.52. The van der Waals surface area contributed by atoms with Crippen molar-refractivity contribution < 1.29 is 9.47 Å². The van der Waals surface area contributed by atoms with Crippen LogP contribution in [-0.2, 0) is 9.47 Å². The molecule has 2 aliphatic heterocycles. The Labute approximate surface area is 114 Å². The maximum atomic E-state index is 9.13. The van der Waals surface area contributed by atoms with Gasteiger partial charge in [0.25, 0.3) is 0 Å². The summed E-state index contributed by atoms with van der Waals surface area (Å²) in [5.41, 5.74) is 0.249. The Morgan fingerprint density at radius 1 is 1.50 bits per heavy atom. The lowest BCUT2D eigenvalue weighted by Gasteiger charge is -2.39. The SMILES string of the molecule is N#Cc1c(Cl)nsc1N1CCOC2(CCOC2)C1. The highest BCUT2D eigenvalue weighted by Gasteiger charge is 2.41. The molecule has 5 nitrogen and oxygen atoms in total. The maximum Gasteiger partial charge on any atom is 0.162 e. The highest BCUT2D eigenvalue weighted by atomic mass is 35.5. The third-order valence-corrected chi connectivity index (χ3v) is 4.63. The van der Waals surface area contributed by atoms with E-state index in [9.17, 15) is 0 Å². The largest absolute Gasteiger partial charge is 0.378 e. The van der Waals surface area contributed by atoms with Gasteiger partial charge in [0, 0.05) is 19.6 Å². The summed E-state index contributed by atoms with van der Waals surface area (Å²) in [6, 6.07) is 2.12. The zero-order valence-corrected chi connectivity index (χ0v) is 11.3. The van der Waals surface area contributed by atoms with Crippen molar-refractivity contribution in [3.05, 3.63) is 10.7 Å². The van der Waals surface area contributed by atoms with Crippen molar-refractivity contribution in [1.29, 1.82) is 5.26 Å². The molecule has 0 radical (unpaired) electrons. The van der Waals surface area contributed by atoms with Gasteiger partial charge in [-0.05, 0) is 11.5 Å². The van der Waals surface area contributed by atoms with Crippen molar-refractivity contribution in [2.45, 2.75) is 12.0 Å². The number of nitrogens with zero attached hydrogens (tertiary/aromatic N) is 3. The molecule has 1 aromatic rings. The molecule has 1 aromatic heterocycles. The predicted molar refractivity (Wildman–Crippen MR) is 68.2 cm³/mol. The first kappa shape index (κ1) is 12.2. The van der Waals surface area contributed by atoms with Crippen LogP contribution in [0.2, 0.25) is 5.15 Å². The van der Waals surface area contributed by atoms with Gasteiger partial charge in [0.2, 0.25) is 0 Å². The first-order valence-corrected chi connectivity index (χ1v) is 6.91. The summed E-state index contributed by atoms with van der Waals surface area (Å²) in [6.07, 6.45) is 0.901. The summed E-state index contributed by atoms with van der Waals surface area (Å²) in [5.74, 6) is 0. The van der Waals surface area contributed by atoms with E-state index >= 15 is 0 Å². The van der Waals surface area contributed by atoms with Crippen LogP contribution >= 0.6 is 23.1 Å². The van der Waals surface area contributed by atoms with Crippen molar-refractivity contribution in [3.63, 3.8) is 0 Å². The summed E-state index contributed by atoms with van der Waals surface area (Å²) in [5, 5.41) is 10.3. The molecular formula is C11H12ClN3O2S. The van der Waals surface area contributed by atoms with Crippen LogP contribution < -0.4 is 4.90 Å². The minimum Gasteiger partial charge on any atom is -0.378 e. The fraction of sp³-hybridized carbons (Fsp3) is 0.636. The zero-order valence-electron chi connectivity index (χ0n) is 9.69. The van der Waals surface area contributed by atoms with E-state index in [2.05, 4.69) is 15.3 Å². The molecule has 96 valence electrons. The molecule has 18 heavy (non-hydrogen) atoms. The van der Waals surface area contributed by atoms with E-state index in [1.165, 1.54) is 11.5 Å². The van der Waals surface area contributed by atoms with Gasteiger partial charge in [-0.1, -0.05) is 11.6 Å². The third kappa shape index (κ3) is 1.97. The normalized spacial score (nSPS) is 27.7. The molecule has 0 bridgehead atoms. The summed E-state index contributed by atoms with van der Waals surface area (Å²) in [4.78, 5) is 2.14. The Morgan fingerprint density at radius 3 is 3.11 bits per heavy atom. The Kier molecular flexibility index (Phi) is 3.16. The topological polar surface area (TPSA) is 58.4 Å². The van der Waals surface area contributed by atoms with Gasteiger partial charge in [0.15, 0.2) is 5.15 Å². The number of ether oxygens (including phenoxy) is 2. The van der Waals surface area contributed by atoms with Crippen molar-refractivity contribution >= 4 is 28.1 Å². The van der Waals surface area contributed by atoms with E-state index in [1.54, 1.807) is 0 Å². The second kappa shape index (κ2) is 4.67. The molecule has 2 fully saturated rings. The average molecular weight is 286 g/mol. The lowest BCUT2D eigenvalue weighted by Crippen LogP contribution is -2.52. The van der Waals surface area contributed by atoms with Crippen molar-refractivity contribution in [2.75, 3.05) is 37.8 Å². The summed E-state index contributed by atoms with van der Waals surface area (Å²) < 4.78 is 15.3. The van der Waals surface area contributed by atoms with Crippen molar-refractivity contribution in [1.82, 2.24) is 4.37 Å². The molecule has 3 rings (SSSR count). The van der Waals surface area contributed by atoms with Gasteiger partial charge in [0.1, 0.15) is 22.2 Å². The monoisotopic (exact) mass is 285 g/mol. The molecular weight excluding hydrogens is 274 g/mol. The quantitative estimate of drug-likeness (QED) is 0.785. The van der Waals surface area contributed by atoms with Crippen molar-refractivity contribution in [3.8, 4) is 6.07 Å². The molecule has 7 heteroatoms. The molecule has 0 N–H and O–H groups in total. The van der Waals surface area contributed by atoms with Crippen LogP contribution in [0, 0.1) is 11.3 Å². The average Bonchev–Trinajstić information content (AvgIpc) is 2.96. The first-order valence-electron chi connectivity index (χ1n) is 5.76. The highest BCUT2D eigenvalue weighted by molar-refractivity contribution is 7.10. The zero-order chi connectivity index (χ0) is 12.6. The smallest absolute Gasteiger partial charge is 0.162 e. The van der Waals surface area contributed by atoms with Gasteiger partial charge < -0.3 is 14.4 Å². The lowest BCUT2D eigenvalue weighted by molar-refractivity contribution is -0.0577.